The van der Waals surface area contributed by atoms with Gasteiger partial charge in [0.05, 0.1) is 18.9 Å². The number of ether oxygens (including phenoxy) is 2. The van der Waals surface area contributed by atoms with Crippen molar-refractivity contribution in [3.8, 4) is 0 Å². The molecular formula is C17H25N3O16P2S. The van der Waals surface area contributed by atoms with Crippen LogP contribution in [0.2, 0.25) is 0 Å². The topological polar surface area (TPSA) is 297 Å². The SMILES string of the molecule is CC(=O)N=C1[C@@H](SP(=O)(O)OP(=O)(O)OC[C@H]2O[C@@H](n3ccc(=O)[nH]c3=O)[C@H](O)[C@@H]2O)O[C@H](CO)[C@@H](O)[C@@H]1O. The quantitative estimate of drug-likeness (QED) is 0.124. The monoisotopic (exact) mass is 621 g/mol. The Kier molecular flexibility index (Phi) is 10.2. The van der Waals surface area contributed by atoms with Crippen LogP contribution in [-0.4, -0.2) is 112 Å². The normalized spacial score (nSPS) is 35.4. The van der Waals surface area contributed by atoms with Crippen molar-refractivity contribution in [1.82, 2.24) is 9.55 Å². The third kappa shape index (κ3) is 7.78. The summed E-state index contributed by atoms with van der Waals surface area (Å²) in [6, 6.07) is 0.935. The van der Waals surface area contributed by atoms with Crippen LogP contribution < -0.4 is 11.2 Å². The van der Waals surface area contributed by atoms with Crippen LogP contribution in [0.3, 0.4) is 0 Å². The van der Waals surface area contributed by atoms with E-state index in [1.165, 1.54) is 0 Å². The molecule has 0 aromatic carbocycles. The predicted octanol–water partition coefficient (Wildman–Crippen LogP) is -3.45. The molecule has 0 aliphatic carbocycles. The first kappa shape index (κ1) is 31.9. The zero-order valence-electron chi connectivity index (χ0n) is 19.7. The number of nitrogens with zero attached hydrogens (tertiary/aromatic N) is 2. The Bertz CT molecular complexity index is 1300. The van der Waals surface area contributed by atoms with Gasteiger partial charge in [0.2, 0.25) is 5.91 Å². The van der Waals surface area contributed by atoms with E-state index in [4.69, 9.17) is 9.47 Å². The molecule has 1 aromatic rings. The maximum Gasteiger partial charge on any atom is 0.480 e. The summed E-state index contributed by atoms with van der Waals surface area (Å²) in [7, 11) is -5.43. The zero-order valence-corrected chi connectivity index (χ0v) is 22.3. The molecule has 22 heteroatoms. The van der Waals surface area contributed by atoms with Crippen LogP contribution in [0.25, 0.3) is 0 Å². The number of aliphatic hydroxyl groups excluding tert-OH is 5. The second kappa shape index (κ2) is 12.5. The summed E-state index contributed by atoms with van der Waals surface area (Å²) in [5, 5.41) is 49.9. The summed E-state index contributed by atoms with van der Waals surface area (Å²) >= 11 is -0.214. The van der Waals surface area contributed by atoms with Crippen molar-refractivity contribution in [3.63, 3.8) is 0 Å². The van der Waals surface area contributed by atoms with Crippen LogP contribution in [0.5, 0.6) is 0 Å². The van der Waals surface area contributed by atoms with Crippen LogP contribution >= 0.6 is 26.0 Å². The van der Waals surface area contributed by atoms with Crippen molar-refractivity contribution in [2.24, 2.45) is 4.99 Å². The highest BCUT2D eigenvalue weighted by atomic mass is 32.7. The molecule has 3 heterocycles. The molecule has 1 aromatic heterocycles. The molecule has 2 saturated heterocycles. The lowest BCUT2D eigenvalue weighted by Crippen LogP contribution is -2.55. The van der Waals surface area contributed by atoms with E-state index in [1.807, 2.05) is 4.98 Å². The second-order valence-electron chi connectivity index (χ2n) is 8.16. The Morgan fingerprint density at radius 2 is 1.79 bits per heavy atom. The van der Waals surface area contributed by atoms with Crippen molar-refractivity contribution in [2.75, 3.05) is 13.2 Å². The van der Waals surface area contributed by atoms with Gasteiger partial charge in [-0.15, -0.1) is 0 Å². The number of phosphoric ester groups is 1. The smallest absolute Gasteiger partial charge is 0.394 e. The summed E-state index contributed by atoms with van der Waals surface area (Å²) in [5.41, 5.74) is -4.17. The maximum atomic E-state index is 12.6. The summed E-state index contributed by atoms with van der Waals surface area (Å²) in [6.07, 6.45) is -10.8. The molecule has 0 spiro atoms. The number of rotatable bonds is 9. The van der Waals surface area contributed by atoms with Crippen molar-refractivity contribution in [3.05, 3.63) is 33.1 Å². The number of aliphatic imine (C=N–C) groups is 1. The van der Waals surface area contributed by atoms with Gasteiger partial charge in [0.25, 0.3) is 5.56 Å². The van der Waals surface area contributed by atoms with Gasteiger partial charge in [-0.3, -0.25) is 23.7 Å². The number of aromatic nitrogens is 2. The van der Waals surface area contributed by atoms with Crippen molar-refractivity contribution >= 4 is 37.6 Å². The van der Waals surface area contributed by atoms with E-state index < -0.39 is 99.0 Å². The first-order valence-corrected chi connectivity index (χ1v) is 15.4. The molecule has 220 valence electrons. The Balaban J connectivity index is 1.68. The molecule has 2 aliphatic heterocycles. The number of amides is 1. The highest BCUT2D eigenvalue weighted by Gasteiger charge is 2.48. The highest BCUT2D eigenvalue weighted by molar-refractivity contribution is 8.55. The number of carbonyl (C=O) groups excluding carboxylic acids is 1. The van der Waals surface area contributed by atoms with Gasteiger partial charge in [0.15, 0.2) is 11.7 Å². The molecule has 1 amide bonds. The predicted molar refractivity (Wildman–Crippen MR) is 127 cm³/mol. The fourth-order valence-electron chi connectivity index (χ4n) is 3.54. The fraction of sp³-hybridized carbons (Fsp3) is 0.647. The van der Waals surface area contributed by atoms with Gasteiger partial charge < -0.3 is 44.8 Å². The fourth-order valence-corrected chi connectivity index (χ4v) is 8.30. The van der Waals surface area contributed by atoms with Crippen LogP contribution in [0.4, 0.5) is 0 Å². The standard InChI is InChI=1S/C17H25N3O16P2S/c1-6(22)18-10-13(26)11(24)7(4-21)35-16(10)39-38(31,32)36-37(29,30)33-5-8-12(25)14(27)15(34-8)20-3-2-9(23)19-17(20)28/h2-3,7-8,11-16,21,24-27H,4-5H2,1H3,(H,29,30)(H,31,32)(H,19,23,28)/t7-,8-,11-,12-,13-,14-,15-,16-/m1/s1. The molecule has 8 N–H and O–H groups in total. The first-order chi connectivity index (χ1) is 18.0. The molecule has 10 atom stereocenters. The number of nitrogens with one attached hydrogen (secondary N) is 1. The molecule has 2 unspecified atom stereocenters. The van der Waals surface area contributed by atoms with Crippen molar-refractivity contribution in [2.45, 2.75) is 55.2 Å². The molecule has 39 heavy (non-hydrogen) atoms. The minimum atomic E-state index is -5.43. The number of carbonyl (C=O) groups is 1. The minimum Gasteiger partial charge on any atom is -0.394 e. The van der Waals surface area contributed by atoms with E-state index in [1.54, 1.807) is 0 Å². The molecular weight excluding hydrogens is 596 g/mol. The van der Waals surface area contributed by atoms with E-state index in [-0.39, 0.29) is 11.4 Å². The Morgan fingerprint density at radius 1 is 1.13 bits per heavy atom. The molecule has 2 fully saturated rings. The lowest BCUT2D eigenvalue weighted by Gasteiger charge is -2.37. The van der Waals surface area contributed by atoms with Crippen molar-refractivity contribution in [1.29, 1.82) is 0 Å². The number of hydrogen-bond donors (Lipinski definition) is 8. The molecule has 19 nitrogen and oxygen atoms in total. The average Bonchev–Trinajstić information content (AvgIpc) is 3.10. The van der Waals surface area contributed by atoms with Crippen molar-refractivity contribution < 1.29 is 67.6 Å². The number of aliphatic hydroxyl groups is 5. The summed E-state index contributed by atoms with van der Waals surface area (Å²) < 4.78 is 45.1. The first-order valence-electron chi connectivity index (χ1n) is 10.8. The van der Waals surface area contributed by atoms with Crippen LogP contribution in [0.1, 0.15) is 13.2 Å². The molecule has 0 bridgehead atoms. The van der Waals surface area contributed by atoms with E-state index >= 15 is 0 Å². The molecule has 0 saturated carbocycles. The van der Waals surface area contributed by atoms with E-state index in [9.17, 15) is 58.8 Å². The number of phosphoric acid groups is 1. The van der Waals surface area contributed by atoms with E-state index in [0.717, 1.165) is 23.8 Å². The van der Waals surface area contributed by atoms with Gasteiger partial charge in [-0.25, -0.2) is 18.9 Å². The molecule has 0 radical (unpaired) electrons. The second-order valence-corrected chi connectivity index (χ2v) is 13.6. The summed E-state index contributed by atoms with van der Waals surface area (Å²) in [6.45, 7) is -6.15. The van der Waals surface area contributed by atoms with E-state index in [0.29, 0.717) is 0 Å². The van der Waals surface area contributed by atoms with Gasteiger partial charge in [-0.05, 0) is 11.4 Å². The van der Waals surface area contributed by atoms with Crippen LogP contribution in [0, 0.1) is 0 Å². The van der Waals surface area contributed by atoms with Gasteiger partial charge in [-0.1, -0.05) is 0 Å². The third-order valence-electron chi connectivity index (χ3n) is 5.31. The number of hydrogen-bond acceptors (Lipinski definition) is 15. The van der Waals surface area contributed by atoms with E-state index in [2.05, 4.69) is 13.8 Å². The Labute approximate surface area is 221 Å². The van der Waals surface area contributed by atoms with Gasteiger partial charge in [0, 0.05) is 19.2 Å². The van der Waals surface area contributed by atoms with Crippen LogP contribution in [-0.2, 0) is 32.2 Å². The zero-order chi connectivity index (χ0) is 29.3. The molecule has 2 aliphatic rings. The lowest BCUT2D eigenvalue weighted by molar-refractivity contribution is -0.117. The minimum absolute atomic E-state index is 0.214. The van der Waals surface area contributed by atoms with Gasteiger partial charge >= 0.3 is 20.3 Å². The third-order valence-corrected chi connectivity index (χ3v) is 10.2. The number of H-pyrrole nitrogens is 1. The highest BCUT2D eigenvalue weighted by Crippen LogP contribution is 2.68. The van der Waals surface area contributed by atoms with Crippen LogP contribution in [0.15, 0.2) is 26.8 Å². The summed E-state index contributed by atoms with van der Waals surface area (Å²) in [4.78, 5) is 60.0. The lowest BCUT2D eigenvalue weighted by atomic mass is 10.0. The number of aromatic amines is 1. The Morgan fingerprint density at radius 3 is 2.38 bits per heavy atom. The summed E-state index contributed by atoms with van der Waals surface area (Å²) in [5.74, 6) is -0.891. The molecule has 3 rings (SSSR count). The largest absolute Gasteiger partial charge is 0.480 e. The maximum absolute atomic E-state index is 12.6. The van der Waals surface area contributed by atoms with Gasteiger partial charge in [0.1, 0.15) is 36.6 Å². The Hall–Kier alpha value is -1.61. The average molecular weight is 621 g/mol. The van der Waals surface area contributed by atoms with Gasteiger partial charge in [-0.2, -0.15) is 4.31 Å².